The molecule has 0 unspecified atom stereocenters. The molecular weight excluding hydrogens is 191 g/mol. The zero-order chi connectivity index (χ0) is 10.3. The first-order chi connectivity index (χ1) is 6.08. The Hall–Kier alpha value is -0.340. The molecule has 0 atom stereocenters. The molecule has 0 spiro atoms. The first kappa shape index (κ1) is 12.7. The molecule has 0 N–H and O–H groups in total. The van der Waals surface area contributed by atoms with Crippen LogP contribution in [-0.4, -0.2) is 31.5 Å². The molecule has 0 bridgehead atoms. The zero-order valence-electron chi connectivity index (χ0n) is 8.41. The molecule has 0 fully saturated rings. The molecule has 78 valence electrons. The number of hydrogen-bond donors (Lipinski definition) is 0. The molecule has 0 radical (unpaired) electrons. The predicted molar refractivity (Wildman–Crippen MR) is 51.3 cm³/mol. The van der Waals surface area contributed by atoms with Crippen LogP contribution in [0.3, 0.4) is 0 Å². The Morgan fingerprint density at radius 3 is 2.15 bits per heavy atom. The highest BCUT2D eigenvalue weighted by atomic mass is 31.2. The molecular formula is C8H17O4P. The van der Waals surface area contributed by atoms with Crippen molar-refractivity contribution in [3.05, 3.63) is 0 Å². The minimum absolute atomic E-state index is 0.202. The van der Waals surface area contributed by atoms with E-state index in [1.165, 1.54) is 0 Å². The van der Waals surface area contributed by atoms with E-state index < -0.39 is 13.3 Å². The van der Waals surface area contributed by atoms with Crippen molar-refractivity contribution in [3.63, 3.8) is 0 Å². The van der Waals surface area contributed by atoms with Gasteiger partial charge in [-0.1, -0.05) is 13.8 Å². The lowest BCUT2D eigenvalue weighted by Crippen LogP contribution is -2.12. The molecule has 5 heteroatoms. The second kappa shape index (κ2) is 6.17. The van der Waals surface area contributed by atoms with Crippen LogP contribution in [0, 0.1) is 0 Å². The van der Waals surface area contributed by atoms with Crippen LogP contribution in [0.5, 0.6) is 0 Å². The van der Waals surface area contributed by atoms with Gasteiger partial charge in [-0.15, -0.1) is 0 Å². The number of esters is 1. The second-order valence-corrected chi connectivity index (χ2v) is 5.68. The molecule has 0 aliphatic heterocycles. The monoisotopic (exact) mass is 208 g/mol. The molecule has 0 saturated carbocycles. The first-order valence-electron chi connectivity index (χ1n) is 4.46. The van der Waals surface area contributed by atoms with Crippen LogP contribution in [0.1, 0.15) is 20.8 Å². The summed E-state index contributed by atoms with van der Waals surface area (Å²) in [6, 6.07) is 0. The van der Waals surface area contributed by atoms with Crippen LogP contribution >= 0.6 is 7.37 Å². The van der Waals surface area contributed by atoms with E-state index in [0.717, 1.165) is 0 Å². The average Bonchev–Trinajstić information content (AvgIpc) is 2.15. The van der Waals surface area contributed by atoms with E-state index in [1.54, 1.807) is 20.8 Å². The number of carbonyl (C=O) groups is 1. The van der Waals surface area contributed by atoms with Gasteiger partial charge in [0, 0.05) is 12.3 Å². The SMILES string of the molecule is CCOC(=O)COP(=O)(CC)CC. The largest absolute Gasteiger partial charge is 0.464 e. The van der Waals surface area contributed by atoms with Gasteiger partial charge in [0.15, 0.2) is 6.61 Å². The lowest BCUT2D eigenvalue weighted by molar-refractivity contribution is -0.145. The lowest BCUT2D eigenvalue weighted by Gasteiger charge is -2.13. The smallest absolute Gasteiger partial charge is 0.332 e. The third-order valence-corrected chi connectivity index (χ3v) is 4.21. The highest BCUT2D eigenvalue weighted by molar-refractivity contribution is 7.58. The van der Waals surface area contributed by atoms with Crippen LogP contribution in [0.15, 0.2) is 0 Å². The van der Waals surface area contributed by atoms with E-state index in [0.29, 0.717) is 18.9 Å². The molecule has 0 saturated heterocycles. The number of ether oxygens (including phenoxy) is 1. The van der Waals surface area contributed by atoms with Gasteiger partial charge in [-0.25, -0.2) is 4.79 Å². The predicted octanol–water partition coefficient (Wildman–Crippen LogP) is 1.88. The maximum Gasteiger partial charge on any atom is 0.332 e. The van der Waals surface area contributed by atoms with Crippen LogP contribution in [-0.2, 0) is 18.6 Å². The normalized spacial score (nSPS) is 11.3. The fraction of sp³-hybridized carbons (Fsp3) is 0.875. The van der Waals surface area contributed by atoms with Gasteiger partial charge in [0.2, 0.25) is 7.37 Å². The van der Waals surface area contributed by atoms with E-state index in [9.17, 15) is 9.36 Å². The molecule has 4 nitrogen and oxygen atoms in total. The molecule has 0 rings (SSSR count). The molecule has 0 aromatic rings. The van der Waals surface area contributed by atoms with Gasteiger partial charge in [-0.05, 0) is 6.92 Å². The first-order valence-corrected chi connectivity index (χ1v) is 6.45. The van der Waals surface area contributed by atoms with Crippen LogP contribution in [0.2, 0.25) is 0 Å². The van der Waals surface area contributed by atoms with Crippen molar-refractivity contribution in [2.24, 2.45) is 0 Å². The molecule has 0 heterocycles. The van der Waals surface area contributed by atoms with Crippen molar-refractivity contribution in [1.29, 1.82) is 0 Å². The highest BCUT2D eigenvalue weighted by Crippen LogP contribution is 2.45. The van der Waals surface area contributed by atoms with E-state index in [-0.39, 0.29) is 6.61 Å². The minimum Gasteiger partial charge on any atom is -0.464 e. The third kappa shape index (κ3) is 5.06. The summed E-state index contributed by atoms with van der Waals surface area (Å²) in [5.41, 5.74) is 0. The number of hydrogen-bond acceptors (Lipinski definition) is 4. The van der Waals surface area contributed by atoms with Gasteiger partial charge < -0.3 is 9.26 Å². The Morgan fingerprint density at radius 2 is 1.77 bits per heavy atom. The van der Waals surface area contributed by atoms with Gasteiger partial charge in [0.25, 0.3) is 0 Å². The van der Waals surface area contributed by atoms with E-state index in [4.69, 9.17) is 4.52 Å². The van der Waals surface area contributed by atoms with Crippen LogP contribution in [0.4, 0.5) is 0 Å². The molecule has 0 aromatic heterocycles. The summed E-state index contributed by atoms with van der Waals surface area (Å²) in [4.78, 5) is 10.9. The Labute approximate surface area is 79.1 Å². The Bertz CT molecular complexity index is 194. The van der Waals surface area contributed by atoms with Crippen molar-refractivity contribution in [2.45, 2.75) is 20.8 Å². The average molecular weight is 208 g/mol. The molecule has 0 aliphatic carbocycles. The van der Waals surface area contributed by atoms with E-state index >= 15 is 0 Å². The molecule has 0 amide bonds. The van der Waals surface area contributed by atoms with Gasteiger partial charge in [-0.2, -0.15) is 0 Å². The van der Waals surface area contributed by atoms with Crippen LogP contribution < -0.4 is 0 Å². The van der Waals surface area contributed by atoms with E-state index in [1.807, 2.05) is 0 Å². The zero-order valence-corrected chi connectivity index (χ0v) is 9.30. The standard InChI is InChI=1S/C8H17O4P/c1-4-11-8(9)7-12-13(10,5-2)6-3/h4-7H2,1-3H3. The van der Waals surface area contributed by atoms with Crippen LogP contribution in [0.25, 0.3) is 0 Å². The van der Waals surface area contributed by atoms with Crippen molar-refractivity contribution < 1.29 is 18.6 Å². The fourth-order valence-electron chi connectivity index (χ4n) is 0.779. The Morgan fingerprint density at radius 1 is 1.23 bits per heavy atom. The summed E-state index contributed by atoms with van der Waals surface area (Å²) in [5, 5.41) is 0. The summed E-state index contributed by atoms with van der Waals surface area (Å²) < 4.78 is 21.3. The summed E-state index contributed by atoms with van der Waals surface area (Å²) >= 11 is 0. The summed E-state index contributed by atoms with van der Waals surface area (Å²) in [6.07, 6.45) is 0.922. The maximum absolute atomic E-state index is 11.6. The van der Waals surface area contributed by atoms with Gasteiger partial charge in [-0.3, -0.25) is 4.57 Å². The summed E-state index contributed by atoms with van der Waals surface area (Å²) in [7, 11) is -2.56. The topological polar surface area (TPSA) is 52.6 Å². The van der Waals surface area contributed by atoms with Crippen molar-refractivity contribution in [2.75, 3.05) is 25.5 Å². The van der Waals surface area contributed by atoms with Crippen molar-refractivity contribution >= 4 is 13.3 Å². The summed E-state index contributed by atoms with van der Waals surface area (Å²) in [5.74, 6) is -0.454. The van der Waals surface area contributed by atoms with E-state index in [2.05, 4.69) is 4.74 Å². The molecule has 0 aromatic carbocycles. The lowest BCUT2D eigenvalue weighted by atomic mass is 10.7. The van der Waals surface area contributed by atoms with Gasteiger partial charge in [0.1, 0.15) is 0 Å². The summed E-state index contributed by atoms with van der Waals surface area (Å²) in [6.45, 7) is 5.42. The van der Waals surface area contributed by atoms with Gasteiger partial charge >= 0.3 is 5.97 Å². The maximum atomic E-state index is 11.6. The third-order valence-electron chi connectivity index (χ3n) is 1.69. The molecule has 0 aliphatic rings. The van der Waals surface area contributed by atoms with Crippen molar-refractivity contribution in [1.82, 2.24) is 0 Å². The quantitative estimate of drug-likeness (QED) is 0.494. The Kier molecular flexibility index (Phi) is 6.00. The van der Waals surface area contributed by atoms with Crippen molar-refractivity contribution in [3.8, 4) is 0 Å². The minimum atomic E-state index is -2.56. The van der Waals surface area contributed by atoms with Gasteiger partial charge in [0.05, 0.1) is 6.61 Å². The second-order valence-electron chi connectivity index (χ2n) is 2.53. The fourth-order valence-corrected chi connectivity index (χ4v) is 1.93. The highest BCUT2D eigenvalue weighted by Gasteiger charge is 2.19. The Balaban J connectivity index is 3.86. The number of carbonyl (C=O) groups excluding carboxylic acids is 1. The number of rotatable bonds is 6. The molecule has 13 heavy (non-hydrogen) atoms.